The van der Waals surface area contributed by atoms with Crippen molar-refractivity contribution < 1.29 is 0 Å². The molecule has 19 heavy (non-hydrogen) atoms. The van der Waals surface area contributed by atoms with E-state index in [4.69, 9.17) is 11.6 Å². The molecule has 0 saturated heterocycles. The number of halogens is 4. The molecule has 0 amide bonds. The molecule has 0 radical (unpaired) electrons. The second kappa shape index (κ2) is 6.61. The molecule has 0 unspecified atom stereocenters. The van der Waals surface area contributed by atoms with Crippen LogP contribution in [0.2, 0.25) is 5.02 Å². The van der Waals surface area contributed by atoms with E-state index in [1.54, 1.807) is 0 Å². The molecule has 0 aliphatic rings. The molecule has 0 aliphatic heterocycles. The van der Waals surface area contributed by atoms with Crippen LogP contribution in [0.15, 0.2) is 43.7 Å². The van der Waals surface area contributed by atoms with E-state index in [0.717, 1.165) is 29.7 Å². The van der Waals surface area contributed by atoms with Crippen molar-refractivity contribution in [2.24, 2.45) is 0 Å². The van der Waals surface area contributed by atoms with Gasteiger partial charge >= 0.3 is 0 Å². The third-order valence-electron chi connectivity index (χ3n) is 2.67. The summed E-state index contributed by atoms with van der Waals surface area (Å²) in [7, 11) is 0. The van der Waals surface area contributed by atoms with Crippen LogP contribution >= 0.6 is 59.4 Å². The molecule has 0 fully saturated rings. The number of anilines is 1. The van der Waals surface area contributed by atoms with E-state index in [2.05, 4.69) is 59.2 Å². The SMILES string of the molecule is Cc1ccc(CNc2c(Br)cc(Br)cc2Br)c(Cl)c1. The van der Waals surface area contributed by atoms with Gasteiger partial charge in [-0.25, -0.2) is 0 Å². The molecular formula is C14H11Br3ClN. The van der Waals surface area contributed by atoms with Crippen molar-refractivity contribution in [2.45, 2.75) is 13.5 Å². The molecule has 0 spiro atoms. The first-order valence-corrected chi connectivity index (χ1v) is 8.36. The lowest BCUT2D eigenvalue weighted by atomic mass is 10.1. The fourth-order valence-corrected chi connectivity index (χ4v) is 4.53. The van der Waals surface area contributed by atoms with Crippen molar-refractivity contribution in [1.82, 2.24) is 0 Å². The molecule has 0 aliphatic carbocycles. The molecule has 0 bridgehead atoms. The third kappa shape index (κ3) is 3.97. The van der Waals surface area contributed by atoms with Crippen LogP contribution in [0.1, 0.15) is 11.1 Å². The van der Waals surface area contributed by atoms with E-state index >= 15 is 0 Å². The molecule has 0 saturated carbocycles. The summed E-state index contributed by atoms with van der Waals surface area (Å²) in [5.41, 5.74) is 3.26. The summed E-state index contributed by atoms with van der Waals surface area (Å²) >= 11 is 16.8. The predicted molar refractivity (Wildman–Crippen MR) is 93.1 cm³/mol. The first-order chi connectivity index (χ1) is 8.97. The number of aryl methyl sites for hydroxylation is 1. The van der Waals surface area contributed by atoms with E-state index in [-0.39, 0.29) is 0 Å². The molecule has 2 aromatic rings. The van der Waals surface area contributed by atoms with Gasteiger partial charge in [0.2, 0.25) is 0 Å². The number of hydrogen-bond acceptors (Lipinski definition) is 1. The van der Waals surface area contributed by atoms with Crippen LogP contribution in [0, 0.1) is 6.92 Å². The van der Waals surface area contributed by atoms with Crippen molar-refractivity contribution in [1.29, 1.82) is 0 Å². The normalized spacial score (nSPS) is 10.6. The Labute approximate surface area is 143 Å². The van der Waals surface area contributed by atoms with Gasteiger partial charge in [0.1, 0.15) is 0 Å². The molecular weight excluding hydrogens is 457 g/mol. The van der Waals surface area contributed by atoms with E-state index in [0.29, 0.717) is 6.54 Å². The largest absolute Gasteiger partial charge is 0.379 e. The topological polar surface area (TPSA) is 12.0 Å². The fourth-order valence-electron chi connectivity index (χ4n) is 1.69. The van der Waals surface area contributed by atoms with Gasteiger partial charge in [0.05, 0.1) is 5.69 Å². The number of benzene rings is 2. The monoisotopic (exact) mass is 465 g/mol. The zero-order valence-corrected chi connectivity index (χ0v) is 15.6. The van der Waals surface area contributed by atoms with Gasteiger partial charge in [-0.15, -0.1) is 0 Å². The van der Waals surface area contributed by atoms with Crippen LogP contribution in [0.25, 0.3) is 0 Å². The average Bonchev–Trinajstić information content (AvgIpc) is 2.30. The second-order valence-electron chi connectivity index (χ2n) is 4.19. The van der Waals surface area contributed by atoms with Gasteiger partial charge in [-0.3, -0.25) is 0 Å². The maximum absolute atomic E-state index is 6.23. The van der Waals surface area contributed by atoms with Crippen LogP contribution < -0.4 is 5.32 Å². The van der Waals surface area contributed by atoms with Gasteiger partial charge in [0.25, 0.3) is 0 Å². The lowest BCUT2D eigenvalue weighted by molar-refractivity contribution is 1.14. The minimum atomic E-state index is 0.679. The van der Waals surface area contributed by atoms with Gasteiger partial charge in [0.15, 0.2) is 0 Å². The Hall–Kier alpha value is -0.0300. The maximum atomic E-state index is 6.23. The average molecular weight is 468 g/mol. The quantitative estimate of drug-likeness (QED) is 0.539. The molecule has 100 valence electrons. The summed E-state index contributed by atoms with van der Waals surface area (Å²) in [5, 5.41) is 4.17. The number of nitrogens with one attached hydrogen (secondary N) is 1. The Morgan fingerprint density at radius 3 is 2.26 bits per heavy atom. The Morgan fingerprint density at radius 2 is 1.68 bits per heavy atom. The molecule has 5 heteroatoms. The number of hydrogen-bond donors (Lipinski definition) is 1. The van der Waals surface area contributed by atoms with Crippen LogP contribution in [-0.2, 0) is 6.54 Å². The number of rotatable bonds is 3. The summed E-state index contributed by atoms with van der Waals surface area (Å²) in [6.07, 6.45) is 0. The summed E-state index contributed by atoms with van der Waals surface area (Å²) in [4.78, 5) is 0. The first kappa shape index (κ1) is 15.4. The zero-order chi connectivity index (χ0) is 14.0. The lowest BCUT2D eigenvalue weighted by Gasteiger charge is -2.12. The predicted octanol–water partition coefficient (Wildman–Crippen LogP) is 6.55. The first-order valence-electron chi connectivity index (χ1n) is 5.61. The minimum absolute atomic E-state index is 0.679. The van der Waals surface area contributed by atoms with Crippen LogP contribution in [-0.4, -0.2) is 0 Å². The molecule has 2 aromatic carbocycles. The summed E-state index contributed by atoms with van der Waals surface area (Å²) in [6, 6.07) is 10.1. The summed E-state index contributed by atoms with van der Waals surface area (Å²) in [5.74, 6) is 0. The zero-order valence-electron chi connectivity index (χ0n) is 10.1. The van der Waals surface area contributed by atoms with Crippen molar-refractivity contribution in [3.63, 3.8) is 0 Å². The van der Waals surface area contributed by atoms with Gasteiger partial charge in [0, 0.05) is 25.0 Å². The highest BCUT2D eigenvalue weighted by Crippen LogP contribution is 2.35. The fraction of sp³-hybridized carbons (Fsp3) is 0.143. The Morgan fingerprint density at radius 1 is 1.05 bits per heavy atom. The molecule has 0 heterocycles. The second-order valence-corrected chi connectivity index (χ2v) is 7.22. The van der Waals surface area contributed by atoms with Crippen molar-refractivity contribution >= 4 is 65.1 Å². The van der Waals surface area contributed by atoms with Crippen molar-refractivity contribution in [2.75, 3.05) is 5.32 Å². The highest BCUT2D eigenvalue weighted by Gasteiger charge is 2.07. The van der Waals surface area contributed by atoms with Crippen molar-refractivity contribution in [3.05, 3.63) is 59.9 Å². The standard InChI is InChI=1S/C14H11Br3ClN/c1-8-2-3-9(13(18)4-8)7-19-14-11(16)5-10(15)6-12(14)17/h2-6,19H,7H2,1H3. The van der Waals surface area contributed by atoms with Crippen molar-refractivity contribution in [3.8, 4) is 0 Å². The van der Waals surface area contributed by atoms with Crippen LogP contribution in [0.3, 0.4) is 0 Å². The van der Waals surface area contributed by atoms with E-state index in [1.165, 1.54) is 5.56 Å². The van der Waals surface area contributed by atoms with Gasteiger partial charge in [-0.05, 0) is 68.1 Å². The van der Waals surface area contributed by atoms with Crippen LogP contribution in [0.5, 0.6) is 0 Å². The summed E-state index contributed by atoms with van der Waals surface area (Å²) < 4.78 is 3.01. The third-order valence-corrected chi connectivity index (χ3v) is 4.73. The van der Waals surface area contributed by atoms with E-state index in [9.17, 15) is 0 Å². The summed E-state index contributed by atoms with van der Waals surface area (Å²) in [6.45, 7) is 2.71. The van der Waals surface area contributed by atoms with Gasteiger partial charge in [-0.2, -0.15) is 0 Å². The molecule has 0 atom stereocenters. The van der Waals surface area contributed by atoms with Gasteiger partial charge in [-0.1, -0.05) is 39.7 Å². The maximum Gasteiger partial charge on any atom is 0.0632 e. The lowest BCUT2D eigenvalue weighted by Crippen LogP contribution is -2.01. The van der Waals surface area contributed by atoms with E-state index < -0.39 is 0 Å². The molecule has 1 nitrogen and oxygen atoms in total. The smallest absolute Gasteiger partial charge is 0.0632 e. The van der Waals surface area contributed by atoms with E-state index in [1.807, 2.05) is 31.2 Å². The highest BCUT2D eigenvalue weighted by atomic mass is 79.9. The Bertz CT molecular complexity index is 591. The molecule has 2 rings (SSSR count). The van der Waals surface area contributed by atoms with Gasteiger partial charge < -0.3 is 5.32 Å². The van der Waals surface area contributed by atoms with Crippen LogP contribution in [0.4, 0.5) is 5.69 Å². The Balaban J connectivity index is 2.19. The minimum Gasteiger partial charge on any atom is -0.379 e. The Kier molecular flexibility index (Phi) is 5.35. The highest BCUT2D eigenvalue weighted by molar-refractivity contribution is 9.11. The molecule has 0 aromatic heterocycles. The molecule has 1 N–H and O–H groups in total.